The number of benzene rings is 4. The lowest BCUT2D eigenvalue weighted by Crippen LogP contribution is -2.18. The Hall–Kier alpha value is -4.32. The molecule has 37 heavy (non-hydrogen) atoms. The summed E-state index contributed by atoms with van der Waals surface area (Å²) in [5.41, 5.74) is 0. The molecule has 188 valence electrons. The summed E-state index contributed by atoms with van der Waals surface area (Å²) < 4.78 is 69.0. The second-order valence-electron chi connectivity index (χ2n) is 7.45. The average Bonchev–Trinajstić information content (AvgIpc) is 2.87. The average molecular weight is 539 g/mol. The maximum absolute atomic E-state index is 13.5. The third-order valence-electron chi connectivity index (χ3n) is 5.12. The number of fused-ring (bicyclic) bond motifs is 2. The second kappa shape index (κ2) is 9.97. The zero-order chi connectivity index (χ0) is 26.8. The first-order chi connectivity index (χ1) is 17.6. The molecule has 0 saturated heterocycles. The second-order valence-corrected chi connectivity index (χ2v) is 10.6. The molecule has 4 rings (SSSR count). The van der Waals surface area contributed by atoms with Crippen LogP contribution in [0.3, 0.4) is 0 Å². The van der Waals surface area contributed by atoms with Gasteiger partial charge in [0.25, 0.3) is 0 Å². The Labute approximate surface area is 212 Å². The highest BCUT2D eigenvalue weighted by Gasteiger charge is 2.35. The number of carbonyl (C=O) groups excluding carboxylic acids is 2. The van der Waals surface area contributed by atoms with Crippen molar-refractivity contribution in [2.24, 2.45) is 0 Å². The minimum absolute atomic E-state index is 0.0447. The third kappa shape index (κ3) is 5.14. The molecule has 0 atom stereocenters. The Morgan fingerprint density at radius 2 is 0.973 bits per heavy atom. The maximum atomic E-state index is 13.5. The number of carbonyl (C=O) groups is 2. The standard InChI is InChI=1S/C26H18O9S2/c1-3-23(27)33-21-15-13-17-9-5-7-11-19(17)25(21)36(29,30)35-37(31,32)26-20-12-8-6-10-18(20)14-16-22(26)34-24(28)4-2/h3-16H,1-2H2. The molecule has 0 aliphatic rings. The van der Waals surface area contributed by atoms with Crippen LogP contribution in [0.5, 0.6) is 11.5 Å². The van der Waals surface area contributed by atoms with E-state index in [1.54, 1.807) is 24.3 Å². The van der Waals surface area contributed by atoms with E-state index in [1.165, 1.54) is 48.5 Å². The van der Waals surface area contributed by atoms with Gasteiger partial charge in [-0.1, -0.05) is 73.8 Å². The lowest BCUT2D eigenvalue weighted by Gasteiger charge is -2.15. The van der Waals surface area contributed by atoms with Gasteiger partial charge in [0, 0.05) is 22.9 Å². The van der Waals surface area contributed by atoms with E-state index in [0.29, 0.717) is 10.8 Å². The number of hydrogen-bond donors (Lipinski definition) is 0. The molecule has 0 saturated carbocycles. The molecule has 9 nitrogen and oxygen atoms in total. The van der Waals surface area contributed by atoms with Crippen LogP contribution in [0.4, 0.5) is 0 Å². The first-order valence-corrected chi connectivity index (χ1v) is 13.3. The zero-order valence-electron chi connectivity index (χ0n) is 19.0. The van der Waals surface area contributed by atoms with Crippen molar-refractivity contribution in [2.45, 2.75) is 9.79 Å². The smallest absolute Gasteiger partial charge is 0.335 e. The van der Waals surface area contributed by atoms with E-state index in [2.05, 4.69) is 13.2 Å². The lowest BCUT2D eigenvalue weighted by molar-refractivity contribution is -0.130. The summed E-state index contributed by atoms with van der Waals surface area (Å²) in [5.74, 6) is -2.87. The largest absolute Gasteiger partial charge is 0.422 e. The Morgan fingerprint density at radius 3 is 1.35 bits per heavy atom. The van der Waals surface area contributed by atoms with Crippen molar-refractivity contribution in [1.29, 1.82) is 0 Å². The van der Waals surface area contributed by atoms with Crippen molar-refractivity contribution >= 4 is 53.7 Å². The van der Waals surface area contributed by atoms with Crippen molar-refractivity contribution in [3.63, 3.8) is 0 Å². The highest BCUT2D eigenvalue weighted by molar-refractivity contribution is 8.00. The summed E-state index contributed by atoms with van der Waals surface area (Å²) in [5, 5.41) is 0.907. The first kappa shape index (κ1) is 25.8. The highest BCUT2D eigenvalue weighted by atomic mass is 32.3. The van der Waals surface area contributed by atoms with E-state index >= 15 is 0 Å². The van der Waals surface area contributed by atoms with Crippen LogP contribution in [-0.2, 0) is 33.5 Å². The minimum atomic E-state index is -5.16. The topological polar surface area (TPSA) is 130 Å². The van der Waals surface area contributed by atoms with Gasteiger partial charge in [0.2, 0.25) is 0 Å². The van der Waals surface area contributed by atoms with E-state index < -0.39 is 53.5 Å². The molecule has 0 bridgehead atoms. The number of hydrogen-bond acceptors (Lipinski definition) is 9. The molecule has 0 fully saturated rings. The summed E-state index contributed by atoms with van der Waals surface area (Å²) in [6, 6.07) is 17.7. The Balaban J connectivity index is 1.93. The van der Waals surface area contributed by atoms with Crippen LogP contribution < -0.4 is 9.47 Å². The molecule has 0 aliphatic heterocycles. The molecule has 0 aromatic heterocycles. The summed E-state index contributed by atoms with van der Waals surface area (Å²) in [7, 11) is -10.3. The van der Waals surface area contributed by atoms with Gasteiger partial charge >= 0.3 is 32.2 Å². The van der Waals surface area contributed by atoms with Gasteiger partial charge in [0.05, 0.1) is 0 Å². The van der Waals surface area contributed by atoms with E-state index in [0.717, 1.165) is 12.2 Å². The normalized spacial score (nSPS) is 11.7. The van der Waals surface area contributed by atoms with Crippen LogP contribution in [0.25, 0.3) is 21.5 Å². The molecule has 0 aliphatic carbocycles. The fourth-order valence-electron chi connectivity index (χ4n) is 3.61. The molecular formula is C26H18O9S2. The predicted molar refractivity (Wildman–Crippen MR) is 135 cm³/mol. The number of rotatable bonds is 8. The summed E-state index contributed by atoms with van der Waals surface area (Å²) in [6.45, 7) is 6.56. The van der Waals surface area contributed by atoms with Crippen LogP contribution in [0.15, 0.2) is 108 Å². The summed E-state index contributed by atoms with van der Waals surface area (Å²) in [6.07, 6.45) is 1.64. The molecule has 11 heteroatoms. The van der Waals surface area contributed by atoms with Crippen LogP contribution in [0.2, 0.25) is 0 Å². The van der Waals surface area contributed by atoms with E-state index in [4.69, 9.17) is 13.1 Å². The Kier molecular flexibility index (Phi) is 6.94. The molecule has 0 unspecified atom stereocenters. The van der Waals surface area contributed by atoms with Crippen LogP contribution in [0.1, 0.15) is 0 Å². The maximum Gasteiger partial charge on any atom is 0.335 e. The highest BCUT2D eigenvalue weighted by Crippen LogP contribution is 2.38. The van der Waals surface area contributed by atoms with Gasteiger partial charge in [-0.05, 0) is 22.9 Å². The molecule has 0 spiro atoms. The van der Waals surface area contributed by atoms with Gasteiger partial charge < -0.3 is 9.47 Å². The lowest BCUT2D eigenvalue weighted by atomic mass is 10.1. The fraction of sp³-hybridized carbons (Fsp3) is 0. The van der Waals surface area contributed by atoms with E-state index in [1.807, 2.05) is 0 Å². The van der Waals surface area contributed by atoms with Crippen LogP contribution in [0, 0.1) is 0 Å². The van der Waals surface area contributed by atoms with Gasteiger partial charge in [-0.3, -0.25) is 0 Å². The van der Waals surface area contributed by atoms with Gasteiger partial charge in [-0.15, -0.1) is 3.63 Å². The molecule has 0 N–H and O–H groups in total. The molecule has 0 heterocycles. The fourth-order valence-corrected chi connectivity index (χ4v) is 6.72. The molecule has 4 aromatic carbocycles. The van der Waals surface area contributed by atoms with Gasteiger partial charge in [0.15, 0.2) is 11.5 Å². The van der Waals surface area contributed by atoms with E-state index in [9.17, 15) is 26.4 Å². The van der Waals surface area contributed by atoms with Crippen molar-refractivity contribution < 1.29 is 39.5 Å². The third-order valence-corrected chi connectivity index (χ3v) is 8.40. The number of ether oxygens (including phenoxy) is 2. The van der Waals surface area contributed by atoms with Gasteiger partial charge in [0.1, 0.15) is 9.79 Å². The first-order valence-electron chi connectivity index (χ1n) is 10.5. The summed E-state index contributed by atoms with van der Waals surface area (Å²) >= 11 is 0. The Bertz CT molecular complexity index is 1670. The predicted octanol–water partition coefficient (Wildman–Crippen LogP) is 4.27. The van der Waals surface area contributed by atoms with Crippen LogP contribution in [-0.4, -0.2) is 28.8 Å². The number of esters is 2. The van der Waals surface area contributed by atoms with Crippen molar-refractivity contribution in [3.8, 4) is 11.5 Å². The summed E-state index contributed by atoms with van der Waals surface area (Å²) in [4.78, 5) is 22.4. The zero-order valence-corrected chi connectivity index (χ0v) is 20.6. The Morgan fingerprint density at radius 1 is 0.595 bits per heavy atom. The van der Waals surface area contributed by atoms with Crippen molar-refractivity contribution in [2.75, 3.05) is 0 Å². The molecular weight excluding hydrogens is 520 g/mol. The molecule has 0 amide bonds. The molecule has 4 aromatic rings. The van der Waals surface area contributed by atoms with Crippen LogP contribution >= 0.6 is 0 Å². The van der Waals surface area contributed by atoms with Gasteiger partial charge in [-0.2, -0.15) is 16.8 Å². The molecule has 0 radical (unpaired) electrons. The monoisotopic (exact) mass is 538 g/mol. The van der Waals surface area contributed by atoms with Gasteiger partial charge in [-0.25, -0.2) is 9.59 Å². The minimum Gasteiger partial charge on any atom is -0.422 e. The van der Waals surface area contributed by atoms with Crippen molar-refractivity contribution in [3.05, 3.63) is 98.1 Å². The van der Waals surface area contributed by atoms with E-state index in [-0.39, 0.29) is 10.8 Å². The van der Waals surface area contributed by atoms with Crippen molar-refractivity contribution in [1.82, 2.24) is 0 Å². The quantitative estimate of drug-likeness (QED) is 0.183. The SMILES string of the molecule is C=CC(=O)Oc1ccc2ccccc2c1S(=O)(=O)OS(=O)(=O)c1c(OC(=O)C=C)ccc2ccccc12.